The van der Waals surface area contributed by atoms with Crippen molar-refractivity contribution in [1.29, 1.82) is 0 Å². The number of amides is 1. The molecule has 2 rings (SSSR count). The summed E-state index contributed by atoms with van der Waals surface area (Å²) in [4.78, 5) is 11.8. The van der Waals surface area contributed by atoms with Gasteiger partial charge in [0.25, 0.3) is 0 Å². The van der Waals surface area contributed by atoms with E-state index in [0.717, 1.165) is 24.2 Å². The van der Waals surface area contributed by atoms with Gasteiger partial charge in [0.2, 0.25) is 5.91 Å². The van der Waals surface area contributed by atoms with E-state index in [2.05, 4.69) is 5.32 Å². The Morgan fingerprint density at radius 2 is 1.81 bits per heavy atom. The average Bonchev–Trinajstić information content (AvgIpc) is 2.46. The maximum absolute atomic E-state index is 11.8. The van der Waals surface area contributed by atoms with E-state index >= 15 is 0 Å². The van der Waals surface area contributed by atoms with Crippen LogP contribution in [0.3, 0.4) is 0 Å². The van der Waals surface area contributed by atoms with E-state index in [9.17, 15) is 4.79 Å². The number of benzene rings is 1. The minimum absolute atomic E-state index is 0.142. The predicted molar refractivity (Wildman–Crippen MR) is 84.2 cm³/mol. The zero-order chi connectivity index (χ0) is 15.2. The van der Waals surface area contributed by atoms with Crippen LogP contribution in [0, 0.1) is 0 Å². The molecule has 21 heavy (non-hydrogen) atoms. The molecular formula is C17H26N2O2. The van der Waals surface area contributed by atoms with E-state index in [4.69, 9.17) is 10.5 Å². The number of nitrogens with one attached hydrogen (secondary N) is 1. The highest BCUT2D eigenvalue weighted by molar-refractivity contribution is 5.81. The molecule has 4 nitrogen and oxygen atoms in total. The second-order valence-electron chi connectivity index (χ2n) is 6.07. The van der Waals surface area contributed by atoms with Crippen LogP contribution in [0.5, 0.6) is 5.75 Å². The Balaban J connectivity index is 2.04. The summed E-state index contributed by atoms with van der Waals surface area (Å²) in [6, 6.07) is 7.61. The molecule has 1 aliphatic carbocycles. The Morgan fingerprint density at radius 3 is 2.33 bits per heavy atom. The van der Waals surface area contributed by atoms with Crippen LogP contribution in [0.4, 0.5) is 0 Å². The number of hydrogen-bond donors (Lipinski definition) is 2. The number of hydrogen-bond acceptors (Lipinski definition) is 3. The second-order valence-corrected chi connectivity index (χ2v) is 6.07. The van der Waals surface area contributed by atoms with Crippen molar-refractivity contribution < 1.29 is 9.53 Å². The van der Waals surface area contributed by atoms with Gasteiger partial charge in [-0.15, -0.1) is 0 Å². The molecule has 4 heteroatoms. The molecule has 0 aliphatic heterocycles. The number of ether oxygens (including phenoxy) is 1. The lowest BCUT2D eigenvalue weighted by molar-refractivity contribution is -0.120. The third-order valence-electron chi connectivity index (χ3n) is 3.88. The predicted octanol–water partition coefficient (Wildman–Crippen LogP) is 2.92. The van der Waals surface area contributed by atoms with Gasteiger partial charge < -0.3 is 10.5 Å². The van der Waals surface area contributed by atoms with Crippen molar-refractivity contribution in [2.45, 2.75) is 64.1 Å². The quantitative estimate of drug-likeness (QED) is 0.846. The molecule has 0 bridgehead atoms. The van der Waals surface area contributed by atoms with E-state index in [-0.39, 0.29) is 12.0 Å². The van der Waals surface area contributed by atoms with Crippen LogP contribution in [-0.4, -0.2) is 18.1 Å². The fourth-order valence-electron chi connectivity index (χ4n) is 2.86. The molecule has 1 saturated carbocycles. The van der Waals surface area contributed by atoms with Crippen LogP contribution < -0.4 is 15.8 Å². The van der Waals surface area contributed by atoms with Crippen molar-refractivity contribution in [2.24, 2.45) is 5.73 Å². The Hall–Kier alpha value is -1.55. The zero-order valence-electron chi connectivity index (χ0n) is 13.0. The van der Waals surface area contributed by atoms with Gasteiger partial charge in [-0.25, -0.2) is 0 Å². The lowest BCUT2D eigenvalue weighted by atomic mass is 9.94. The Kier molecular flexibility index (Phi) is 5.62. The molecule has 1 amide bonds. The van der Waals surface area contributed by atoms with Crippen molar-refractivity contribution in [3.63, 3.8) is 0 Å². The highest BCUT2D eigenvalue weighted by atomic mass is 16.5. The lowest BCUT2D eigenvalue weighted by Gasteiger charge is -2.27. The number of rotatable bonds is 6. The highest BCUT2D eigenvalue weighted by Gasteiger charge is 2.23. The number of nitrogens with two attached hydrogens (primary N) is 1. The lowest BCUT2D eigenvalue weighted by Crippen LogP contribution is -2.40. The van der Waals surface area contributed by atoms with Crippen molar-refractivity contribution in [2.75, 3.05) is 0 Å². The van der Waals surface area contributed by atoms with Crippen LogP contribution in [-0.2, 0) is 4.79 Å². The normalized spacial score (nSPS) is 17.7. The van der Waals surface area contributed by atoms with Crippen LogP contribution in [0.25, 0.3) is 0 Å². The van der Waals surface area contributed by atoms with Gasteiger partial charge >= 0.3 is 0 Å². The Labute approximate surface area is 127 Å². The first-order valence-corrected chi connectivity index (χ1v) is 7.88. The van der Waals surface area contributed by atoms with E-state index in [0.29, 0.717) is 6.04 Å². The van der Waals surface area contributed by atoms with Crippen LogP contribution in [0.15, 0.2) is 24.3 Å². The van der Waals surface area contributed by atoms with Gasteiger partial charge in [0, 0.05) is 6.04 Å². The first-order chi connectivity index (χ1) is 10.1. The molecule has 0 saturated heterocycles. The first-order valence-electron chi connectivity index (χ1n) is 7.88. The summed E-state index contributed by atoms with van der Waals surface area (Å²) in [5.41, 5.74) is 6.48. The van der Waals surface area contributed by atoms with Crippen LogP contribution in [0.2, 0.25) is 0 Å². The molecule has 0 spiro atoms. The number of carbonyl (C=O) groups is 1. The summed E-state index contributed by atoms with van der Waals surface area (Å²) >= 11 is 0. The minimum atomic E-state index is -0.416. The van der Waals surface area contributed by atoms with Crippen molar-refractivity contribution >= 4 is 5.91 Å². The molecule has 116 valence electrons. The van der Waals surface area contributed by atoms with Gasteiger partial charge in [-0.1, -0.05) is 31.4 Å². The summed E-state index contributed by atoms with van der Waals surface area (Å²) in [5.74, 6) is 0.493. The zero-order valence-corrected chi connectivity index (χ0v) is 13.0. The molecule has 1 aliphatic rings. The van der Waals surface area contributed by atoms with E-state index < -0.39 is 6.04 Å². The fraction of sp³-hybridized carbons (Fsp3) is 0.588. The molecule has 1 unspecified atom stereocenters. The van der Waals surface area contributed by atoms with Gasteiger partial charge in [-0.05, 0) is 44.4 Å². The van der Waals surface area contributed by atoms with E-state index in [1.807, 2.05) is 38.1 Å². The molecule has 1 aromatic carbocycles. The monoisotopic (exact) mass is 290 g/mol. The smallest absolute Gasteiger partial charge is 0.239 e. The van der Waals surface area contributed by atoms with Gasteiger partial charge in [0.1, 0.15) is 11.8 Å². The van der Waals surface area contributed by atoms with Gasteiger partial charge in [-0.3, -0.25) is 10.1 Å². The fourth-order valence-corrected chi connectivity index (χ4v) is 2.86. The highest BCUT2D eigenvalue weighted by Crippen LogP contribution is 2.23. The molecule has 3 N–H and O–H groups in total. The molecule has 0 heterocycles. The second kappa shape index (κ2) is 7.46. The largest absolute Gasteiger partial charge is 0.491 e. The summed E-state index contributed by atoms with van der Waals surface area (Å²) in [5, 5.41) is 3.42. The van der Waals surface area contributed by atoms with Gasteiger partial charge in [0.15, 0.2) is 0 Å². The molecule has 1 atom stereocenters. The summed E-state index contributed by atoms with van der Waals surface area (Å²) < 4.78 is 5.62. The van der Waals surface area contributed by atoms with Crippen molar-refractivity contribution in [1.82, 2.24) is 5.32 Å². The summed E-state index contributed by atoms with van der Waals surface area (Å²) in [6.07, 6.45) is 6.13. The Morgan fingerprint density at radius 1 is 1.19 bits per heavy atom. The average molecular weight is 290 g/mol. The summed E-state index contributed by atoms with van der Waals surface area (Å²) in [6.45, 7) is 3.98. The number of primary amides is 1. The standard InChI is InChI=1S/C17H26N2O2/c1-12(2)21-15-10-8-13(9-11-15)16(17(18)20)19-14-6-4-3-5-7-14/h8-12,14,16,19H,3-7H2,1-2H3,(H2,18,20). The molecule has 0 radical (unpaired) electrons. The van der Waals surface area contributed by atoms with Crippen LogP contribution >= 0.6 is 0 Å². The third-order valence-corrected chi connectivity index (χ3v) is 3.88. The van der Waals surface area contributed by atoms with Crippen LogP contribution in [0.1, 0.15) is 57.6 Å². The van der Waals surface area contributed by atoms with Gasteiger partial charge in [-0.2, -0.15) is 0 Å². The van der Waals surface area contributed by atoms with E-state index in [1.54, 1.807) is 0 Å². The maximum atomic E-state index is 11.8. The minimum Gasteiger partial charge on any atom is -0.491 e. The first kappa shape index (κ1) is 15.8. The molecule has 1 aromatic rings. The SMILES string of the molecule is CC(C)Oc1ccc(C(NC2CCCCC2)C(N)=O)cc1. The molecule has 0 aromatic heterocycles. The third kappa shape index (κ3) is 4.74. The van der Waals surface area contributed by atoms with E-state index in [1.165, 1.54) is 19.3 Å². The molecule has 1 fully saturated rings. The number of carbonyl (C=O) groups excluding carboxylic acids is 1. The summed E-state index contributed by atoms with van der Waals surface area (Å²) in [7, 11) is 0. The van der Waals surface area contributed by atoms with Crippen molar-refractivity contribution in [3.05, 3.63) is 29.8 Å². The maximum Gasteiger partial charge on any atom is 0.239 e. The Bertz CT molecular complexity index is 450. The van der Waals surface area contributed by atoms with Crippen molar-refractivity contribution in [3.8, 4) is 5.75 Å². The molecular weight excluding hydrogens is 264 g/mol. The van der Waals surface area contributed by atoms with Gasteiger partial charge in [0.05, 0.1) is 6.10 Å². The topological polar surface area (TPSA) is 64.3 Å².